The molecule has 0 saturated carbocycles. The third-order valence-corrected chi connectivity index (χ3v) is 9.64. The zero-order chi connectivity index (χ0) is 30.9. The molecule has 0 N–H and O–H groups in total. The molecule has 1 saturated heterocycles. The first-order valence-corrected chi connectivity index (χ1v) is 14.8. The van der Waals surface area contributed by atoms with E-state index in [9.17, 15) is 9.59 Å². The van der Waals surface area contributed by atoms with Crippen molar-refractivity contribution in [3.05, 3.63) is 137 Å². The summed E-state index contributed by atoms with van der Waals surface area (Å²) in [5.41, 5.74) is 2.41. The minimum Gasteiger partial charge on any atom is -0.497 e. The quantitative estimate of drug-likeness (QED) is 0.169. The van der Waals surface area contributed by atoms with Crippen molar-refractivity contribution in [2.75, 3.05) is 19.1 Å². The first kappa shape index (κ1) is 27.0. The van der Waals surface area contributed by atoms with Gasteiger partial charge in [-0.2, -0.15) is 0 Å². The van der Waals surface area contributed by atoms with Crippen LogP contribution in [0.1, 0.15) is 48.1 Å². The Kier molecular flexibility index (Phi) is 6.00. The van der Waals surface area contributed by atoms with Crippen LogP contribution in [0, 0.1) is 5.41 Å². The fraction of sp³-hybridized carbons (Fsp3) is 0.158. The molecule has 3 heterocycles. The van der Waals surface area contributed by atoms with Crippen molar-refractivity contribution in [1.82, 2.24) is 4.98 Å². The Hall–Kier alpha value is -5.56. The van der Waals surface area contributed by atoms with Crippen LogP contribution < -0.4 is 14.4 Å². The molecular weight excluding hydrogens is 564 g/mol. The third-order valence-electron chi connectivity index (χ3n) is 9.64. The molecule has 1 spiro atoms. The second kappa shape index (κ2) is 9.99. The number of anilines is 1. The van der Waals surface area contributed by atoms with Crippen LogP contribution in [0.5, 0.6) is 11.5 Å². The second-order valence-electron chi connectivity index (χ2n) is 11.6. The molecule has 0 bridgehead atoms. The van der Waals surface area contributed by atoms with Crippen molar-refractivity contribution >= 4 is 40.0 Å². The van der Waals surface area contributed by atoms with Crippen LogP contribution >= 0.6 is 0 Å². The third kappa shape index (κ3) is 3.58. The second-order valence-corrected chi connectivity index (χ2v) is 11.6. The molecule has 0 radical (unpaired) electrons. The summed E-state index contributed by atoms with van der Waals surface area (Å²) in [6.07, 6.45) is 5.59. The molecule has 3 aliphatic rings. The number of pyridine rings is 1. The lowest BCUT2D eigenvalue weighted by Gasteiger charge is -2.37. The van der Waals surface area contributed by atoms with E-state index in [1.165, 1.54) is 0 Å². The summed E-state index contributed by atoms with van der Waals surface area (Å²) in [6, 6.07) is 27.5. The fourth-order valence-corrected chi connectivity index (χ4v) is 7.78. The zero-order valence-electron chi connectivity index (χ0n) is 24.6. The number of ketones is 3. The van der Waals surface area contributed by atoms with Crippen LogP contribution in [0.2, 0.25) is 0 Å². The van der Waals surface area contributed by atoms with E-state index in [2.05, 4.69) is 0 Å². The number of nitrogens with zero attached hydrogens (tertiary/aromatic N) is 2. The van der Waals surface area contributed by atoms with Gasteiger partial charge in [0.2, 0.25) is 0 Å². The lowest BCUT2D eigenvalue weighted by Crippen LogP contribution is -2.48. The highest BCUT2D eigenvalue weighted by atomic mass is 16.5. The molecule has 1 aromatic heterocycles. The molecule has 3 atom stereocenters. The minimum atomic E-state index is -1.66. The number of Topliss-reactive ketones (excluding diaryl/α,β-unsaturated/α-hetero) is 3. The number of rotatable bonds is 5. The molecule has 45 heavy (non-hydrogen) atoms. The molecule has 4 aromatic carbocycles. The number of ether oxygens (including phenoxy) is 2. The summed E-state index contributed by atoms with van der Waals surface area (Å²) in [6.45, 7) is 0. The van der Waals surface area contributed by atoms with Gasteiger partial charge < -0.3 is 14.4 Å². The first-order chi connectivity index (χ1) is 22.0. The van der Waals surface area contributed by atoms with E-state index < -0.39 is 23.4 Å². The highest BCUT2D eigenvalue weighted by molar-refractivity contribution is 6.32. The lowest BCUT2D eigenvalue weighted by atomic mass is 9.64. The maximum Gasteiger partial charge on any atom is 0.185 e. The SMILES string of the molecule is COc1ccc([C@H]2[C@@H](C(=O)c3ccccc3)N3c4c(ccc5cccnc45)C=C[C@@H]3C23C(=O)c2ccccc2C3=O)c(OC)c1. The summed E-state index contributed by atoms with van der Waals surface area (Å²) in [7, 11) is 3.11. The molecule has 0 unspecified atom stereocenters. The molecular formula is C38H28N2O5. The van der Waals surface area contributed by atoms with Gasteiger partial charge in [-0.15, -0.1) is 0 Å². The van der Waals surface area contributed by atoms with E-state index in [4.69, 9.17) is 14.5 Å². The Morgan fingerprint density at radius 1 is 0.822 bits per heavy atom. The van der Waals surface area contributed by atoms with Crippen molar-refractivity contribution in [1.29, 1.82) is 0 Å². The Morgan fingerprint density at radius 2 is 1.56 bits per heavy atom. The highest BCUT2D eigenvalue weighted by Gasteiger charge is 2.72. The topological polar surface area (TPSA) is 85.8 Å². The maximum atomic E-state index is 15.0. The Labute approximate surface area is 259 Å². The van der Waals surface area contributed by atoms with Gasteiger partial charge in [0, 0.05) is 45.8 Å². The van der Waals surface area contributed by atoms with Gasteiger partial charge in [-0.1, -0.05) is 91.0 Å². The molecule has 7 heteroatoms. The van der Waals surface area contributed by atoms with E-state index >= 15 is 4.79 Å². The Morgan fingerprint density at radius 3 is 2.27 bits per heavy atom. The van der Waals surface area contributed by atoms with Crippen LogP contribution in [0.3, 0.4) is 0 Å². The molecule has 0 amide bonds. The van der Waals surface area contributed by atoms with Gasteiger partial charge in [0.25, 0.3) is 0 Å². The summed E-state index contributed by atoms with van der Waals surface area (Å²) >= 11 is 0. The van der Waals surface area contributed by atoms with Crippen LogP contribution in [0.15, 0.2) is 109 Å². The van der Waals surface area contributed by atoms with Gasteiger partial charge in [-0.05, 0) is 17.7 Å². The van der Waals surface area contributed by atoms with E-state index in [-0.39, 0.29) is 17.3 Å². The molecule has 220 valence electrons. The summed E-state index contributed by atoms with van der Waals surface area (Å²) in [4.78, 5) is 51.8. The van der Waals surface area contributed by atoms with Crippen molar-refractivity contribution in [3.8, 4) is 11.5 Å². The average molecular weight is 593 g/mol. The number of hydrogen-bond donors (Lipinski definition) is 0. The fourth-order valence-electron chi connectivity index (χ4n) is 7.78. The standard InChI is InChI=1S/C38H28N2O5/c1-44-25-17-18-28(29(21-25)45-2)31-34(35(41)24-9-4-3-5-10-24)40-30(38(31)36(42)26-12-6-7-13-27(26)37(38)43)19-16-23-15-14-22-11-8-20-39-32(22)33(23)40/h3-21,30-31,34H,1-2H3/t30-,31+,34+/m1/s1. The molecule has 7 nitrogen and oxygen atoms in total. The smallest absolute Gasteiger partial charge is 0.185 e. The predicted molar refractivity (Wildman–Crippen MR) is 171 cm³/mol. The number of carbonyl (C=O) groups is 3. The minimum absolute atomic E-state index is 0.203. The molecule has 2 aliphatic heterocycles. The van der Waals surface area contributed by atoms with E-state index in [0.717, 1.165) is 16.6 Å². The van der Waals surface area contributed by atoms with Gasteiger partial charge in [0.15, 0.2) is 17.3 Å². The predicted octanol–water partition coefficient (Wildman–Crippen LogP) is 6.57. The van der Waals surface area contributed by atoms with E-state index in [1.807, 2.05) is 65.6 Å². The monoisotopic (exact) mass is 592 g/mol. The van der Waals surface area contributed by atoms with Crippen LogP contribution in [0.25, 0.3) is 17.0 Å². The van der Waals surface area contributed by atoms with Gasteiger partial charge >= 0.3 is 0 Å². The lowest BCUT2D eigenvalue weighted by molar-refractivity contribution is 0.0665. The number of carbonyl (C=O) groups excluding carboxylic acids is 3. The molecule has 8 rings (SSSR count). The van der Waals surface area contributed by atoms with Crippen molar-refractivity contribution in [2.24, 2.45) is 5.41 Å². The summed E-state index contributed by atoms with van der Waals surface area (Å²) in [5, 5.41) is 0.892. The molecule has 1 aliphatic carbocycles. The number of methoxy groups -OCH3 is 2. The number of hydrogen-bond acceptors (Lipinski definition) is 7. The summed E-state index contributed by atoms with van der Waals surface area (Å²) < 4.78 is 11.4. The largest absolute Gasteiger partial charge is 0.497 e. The van der Waals surface area contributed by atoms with Gasteiger partial charge in [0.05, 0.1) is 31.5 Å². The van der Waals surface area contributed by atoms with Crippen molar-refractivity contribution in [3.63, 3.8) is 0 Å². The van der Waals surface area contributed by atoms with Gasteiger partial charge in [0.1, 0.15) is 23.0 Å². The van der Waals surface area contributed by atoms with Crippen LogP contribution in [-0.2, 0) is 0 Å². The zero-order valence-corrected chi connectivity index (χ0v) is 24.6. The summed E-state index contributed by atoms with van der Waals surface area (Å²) in [5.74, 6) is -0.735. The highest BCUT2D eigenvalue weighted by Crippen LogP contribution is 2.62. The first-order valence-electron chi connectivity index (χ1n) is 14.8. The molecule has 5 aromatic rings. The van der Waals surface area contributed by atoms with Gasteiger partial charge in [-0.25, -0.2) is 0 Å². The van der Waals surface area contributed by atoms with Crippen molar-refractivity contribution in [2.45, 2.75) is 18.0 Å². The van der Waals surface area contributed by atoms with Gasteiger partial charge in [-0.3, -0.25) is 19.4 Å². The van der Waals surface area contributed by atoms with Crippen molar-refractivity contribution < 1.29 is 23.9 Å². The maximum absolute atomic E-state index is 15.0. The number of aromatic nitrogens is 1. The van der Waals surface area contributed by atoms with E-state index in [0.29, 0.717) is 39.3 Å². The molecule has 1 fully saturated rings. The Bertz CT molecular complexity index is 2050. The van der Waals surface area contributed by atoms with Crippen LogP contribution in [-0.4, -0.2) is 48.6 Å². The van der Waals surface area contributed by atoms with E-state index in [1.54, 1.807) is 68.9 Å². The number of benzene rings is 4. The average Bonchev–Trinajstić information content (AvgIpc) is 3.53. The van der Waals surface area contributed by atoms with Crippen LogP contribution in [0.4, 0.5) is 5.69 Å². The normalized spacial score (nSPS) is 20.7. The number of fused-ring (bicyclic) bond motifs is 7. The Balaban J connectivity index is 1.50.